The van der Waals surface area contributed by atoms with E-state index in [0.717, 1.165) is 10.0 Å². The molecule has 2 unspecified atom stereocenters. The summed E-state index contributed by atoms with van der Waals surface area (Å²) in [5, 5.41) is 2.93. The largest absolute Gasteiger partial charge is 0.380 e. The zero-order valence-electron chi connectivity index (χ0n) is 11.1. The molecule has 0 saturated carbocycles. The van der Waals surface area contributed by atoms with Crippen LogP contribution in [0.1, 0.15) is 24.9 Å². The van der Waals surface area contributed by atoms with Crippen LogP contribution < -0.4 is 11.1 Å². The van der Waals surface area contributed by atoms with E-state index in [0.29, 0.717) is 6.54 Å². The minimum atomic E-state index is -0.222. The van der Waals surface area contributed by atoms with Crippen LogP contribution in [-0.4, -0.2) is 25.7 Å². The monoisotopic (exact) mass is 350 g/mol. The van der Waals surface area contributed by atoms with Crippen LogP contribution in [-0.2, 0) is 9.53 Å². The van der Waals surface area contributed by atoms with Crippen LogP contribution in [0, 0.1) is 0 Å². The van der Waals surface area contributed by atoms with Crippen LogP contribution in [0.3, 0.4) is 0 Å². The Morgan fingerprint density at radius 2 is 2.21 bits per heavy atom. The van der Waals surface area contributed by atoms with Crippen molar-refractivity contribution in [3.05, 3.63) is 34.3 Å². The van der Waals surface area contributed by atoms with E-state index in [4.69, 9.17) is 10.5 Å². The number of benzene rings is 1. The van der Waals surface area contributed by atoms with Crippen molar-refractivity contribution in [1.29, 1.82) is 0 Å². The second kappa shape index (κ2) is 9.31. The van der Waals surface area contributed by atoms with Gasteiger partial charge in [-0.3, -0.25) is 4.79 Å². The van der Waals surface area contributed by atoms with Gasteiger partial charge in [-0.15, -0.1) is 12.4 Å². The van der Waals surface area contributed by atoms with Crippen molar-refractivity contribution in [2.45, 2.75) is 25.5 Å². The van der Waals surface area contributed by atoms with Gasteiger partial charge in [0.15, 0.2) is 0 Å². The molecule has 0 fully saturated rings. The van der Waals surface area contributed by atoms with E-state index in [1.165, 1.54) is 0 Å². The number of carbonyl (C=O) groups excluding carboxylic acids is 1. The number of ether oxygens (including phenoxy) is 1. The summed E-state index contributed by atoms with van der Waals surface area (Å²) in [7, 11) is 1.56. The van der Waals surface area contributed by atoms with E-state index in [2.05, 4.69) is 21.2 Å². The molecule has 19 heavy (non-hydrogen) atoms. The normalized spacial score (nSPS) is 13.3. The maximum Gasteiger partial charge on any atom is 0.223 e. The Morgan fingerprint density at radius 3 is 2.74 bits per heavy atom. The van der Waals surface area contributed by atoms with Crippen LogP contribution in [0.25, 0.3) is 0 Å². The first-order valence-electron chi connectivity index (χ1n) is 5.84. The van der Waals surface area contributed by atoms with E-state index in [1.54, 1.807) is 7.11 Å². The molecular formula is C13H20BrClN2O2. The molecule has 0 saturated heterocycles. The molecule has 1 rings (SSSR count). The van der Waals surface area contributed by atoms with Crippen molar-refractivity contribution in [2.24, 2.45) is 5.73 Å². The molecule has 0 aromatic heterocycles. The van der Waals surface area contributed by atoms with Crippen molar-refractivity contribution in [3.8, 4) is 0 Å². The lowest BCUT2D eigenvalue weighted by Crippen LogP contribution is -2.33. The summed E-state index contributed by atoms with van der Waals surface area (Å²) < 4.78 is 6.08. The number of halogens is 2. The molecule has 1 aromatic carbocycles. The second-order valence-electron chi connectivity index (χ2n) is 4.14. The minimum absolute atomic E-state index is 0. The second-order valence-corrected chi connectivity index (χ2v) is 5.06. The highest BCUT2D eigenvalue weighted by atomic mass is 79.9. The van der Waals surface area contributed by atoms with Gasteiger partial charge in [0.25, 0.3) is 0 Å². The van der Waals surface area contributed by atoms with Crippen molar-refractivity contribution in [3.63, 3.8) is 0 Å². The highest BCUT2D eigenvalue weighted by molar-refractivity contribution is 9.10. The number of rotatable bonds is 6. The molecule has 1 amide bonds. The molecule has 1 aromatic rings. The fraction of sp³-hybridized carbons (Fsp3) is 0.462. The van der Waals surface area contributed by atoms with Gasteiger partial charge in [0.05, 0.1) is 18.6 Å². The molecule has 6 heteroatoms. The van der Waals surface area contributed by atoms with Gasteiger partial charge in [0, 0.05) is 18.1 Å². The molecule has 2 atom stereocenters. The van der Waals surface area contributed by atoms with Crippen molar-refractivity contribution in [1.82, 2.24) is 5.32 Å². The zero-order valence-corrected chi connectivity index (χ0v) is 13.5. The van der Waals surface area contributed by atoms with Gasteiger partial charge >= 0.3 is 0 Å². The van der Waals surface area contributed by atoms with Crippen LogP contribution in [0.15, 0.2) is 28.7 Å². The Balaban J connectivity index is 0.00000324. The summed E-state index contributed by atoms with van der Waals surface area (Å²) >= 11 is 3.41. The summed E-state index contributed by atoms with van der Waals surface area (Å²) in [5.41, 5.74) is 6.54. The standard InChI is InChI=1S/C13H19BrN2O2.ClH/c1-9(10-4-3-5-11(14)6-10)16-13(17)7-12(8-15)18-2;/h3-6,9,12H,7-8,15H2,1-2H3,(H,16,17);1H. The molecule has 0 bridgehead atoms. The lowest BCUT2D eigenvalue weighted by molar-refractivity contribution is -0.124. The molecule has 3 N–H and O–H groups in total. The topological polar surface area (TPSA) is 64.3 Å². The molecule has 0 radical (unpaired) electrons. The predicted octanol–water partition coefficient (Wildman–Crippen LogP) is 2.41. The highest BCUT2D eigenvalue weighted by Gasteiger charge is 2.14. The lowest BCUT2D eigenvalue weighted by atomic mass is 10.1. The Hall–Kier alpha value is -0.620. The number of amides is 1. The van der Waals surface area contributed by atoms with Crippen molar-refractivity contribution >= 4 is 34.2 Å². The summed E-state index contributed by atoms with van der Waals surface area (Å²) in [6, 6.07) is 7.83. The molecule has 0 aliphatic heterocycles. The Labute approximate surface area is 128 Å². The fourth-order valence-electron chi connectivity index (χ4n) is 1.63. The third kappa shape index (κ3) is 6.38. The fourth-order valence-corrected chi connectivity index (χ4v) is 2.05. The van der Waals surface area contributed by atoms with E-state index in [1.807, 2.05) is 31.2 Å². The maximum absolute atomic E-state index is 11.8. The summed E-state index contributed by atoms with van der Waals surface area (Å²) in [4.78, 5) is 11.8. The lowest BCUT2D eigenvalue weighted by Gasteiger charge is -2.17. The van der Waals surface area contributed by atoms with Gasteiger partial charge in [-0.05, 0) is 24.6 Å². The third-order valence-corrected chi connectivity index (χ3v) is 3.23. The first-order chi connectivity index (χ1) is 8.56. The van der Waals surface area contributed by atoms with Crippen LogP contribution >= 0.6 is 28.3 Å². The van der Waals surface area contributed by atoms with Gasteiger partial charge in [-0.2, -0.15) is 0 Å². The Kier molecular flexibility index (Phi) is 9.01. The van der Waals surface area contributed by atoms with Gasteiger partial charge in [0.2, 0.25) is 5.91 Å². The summed E-state index contributed by atoms with van der Waals surface area (Å²) in [6.45, 7) is 2.29. The summed E-state index contributed by atoms with van der Waals surface area (Å²) in [6.07, 6.45) is 0.0606. The number of hydrogen-bond acceptors (Lipinski definition) is 3. The van der Waals surface area contributed by atoms with E-state index in [-0.39, 0.29) is 36.9 Å². The van der Waals surface area contributed by atoms with E-state index >= 15 is 0 Å². The van der Waals surface area contributed by atoms with Gasteiger partial charge < -0.3 is 15.8 Å². The minimum Gasteiger partial charge on any atom is -0.380 e. The van der Waals surface area contributed by atoms with Crippen LogP contribution in [0.2, 0.25) is 0 Å². The van der Waals surface area contributed by atoms with Crippen LogP contribution in [0.4, 0.5) is 0 Å². The molecule has 0 aliphatic carbocycles. The quantitative estimate of drug-likeness (QED) is 0.827. The average molecular weight is 352 g/mol. The molecular weight excluding hydrogens is 332 g/mol. The molecule has 4 nitrogen and oxygen atoms in total. The third-order valence-electron chi connectivity index (χ3n) is 2.74. The van der Waals surface area contributed by atoms with Crippen LogP contribution in [0.5, 0.6) is 0 Å². The molecule has 0 aliphatic rings. The number of hydrogen-bond donors (Lipinski definition) is 2. The Bertz CT molecular complexity index is 400. The molecule has 108 valence electrons. The average Bonchev–Trinajstić information content (AvgIpc) is 2.35. The number of carbonyl (C=O) groups is 1. The van der Waals surface area contributed by atoms with Crippen molar-refractivity contribution in [2.75, 3.05) is 13.7 Å². The summed E-state index contributed by atoms with van der Waals surface area (Å²) in [5.74, 6) is -0.0558. The smallest absolute Gasteiger partial charge is 0.223 e. The molecule has 0 heterocycles. The number of nitrogens with one attached hydrogen (secondary N) is 1. The van der Waals surface area contributed by atoms with E-state index < -0.39 is 0 Å². The SMILES string of the molecule is COC(CN)CC(=O)NC(C)c1cccc(Br)c1.Cl. The van der Waals surface area contributed by atoms with Gasteiger partial charge in [-0.25, -0.2) is 0 Å². The van der Waals surface area contributed by atoms with Gasteiger partial charge in [-0.1, -0.05) is 28.1 Å². The molecule has 0 spiro atoms. The zero-order chi connectivity index (χ0) is 13.5. The first kappa shape index (κ1) is 18.4. The highest BCUT2D eigenvalue weighted by Crippen LogP contribution is 2.17. The first-order valence-corrected chi connectivity index (χ1v) is 6.63. The Morgan fingerprint density at radius 1 is 1.53 bits per heavy atom. The maximum atomic E-state index is 11.8. The number of nitrogens with two attached hydrogens (primary N) is 1. The van der Waals surface area contributed by atoms with Crippen molar-refractivity contribution < 1.29 is 9.53 Å². The number of methoxy groups -OCH3 is 1. The van der Waals surface area contributed by atoms with E-state index in [9.17, 15) is 4.79 Å². The van der Waals surface area contributed by atoms with Gasteiger partial charge in [0.1, 0.15) is 0 Å². The predicted molar refractivity (Wildman–Crippen MR) is 82.4 cm³/mol.